The Kier molecular flexibility index (Phi) is 5.60. The molecule has 1 N–H and O–H groups in total. The summed E-state index contributed by atoms with van der Waals surface area (Å²) in [5, 5.41) is 2.85. The first-order chi connectivity index (χ1) is 6.54. The van der Waals surface area contributed by atoms with Crippen LogP contribution in [0.15, 0.2) is 18.2 Å². The van der Waals surface area contributed by atoms with Gasteiger partial charge in [0.2, 0.25) is 0 Å². The first kappa shape index (κ1) is 14.2. The molecule has 2 nitrogen and oxygen atoms in total. The molecule has 15 heavy (non-hydrogen) atoms. The molecule has 0 fully saturated rings. The molecule has 86 valence electrons. The number of pyridine rings is 1. The van der Waals surface area contributed by atoms with E-state index in [0.29, 0.717) is 18.7 Å². The molecule has 0 aliphatic rings. The van der Waals surface area contributed by atoms with E-state index in [-0.39, 0.29) is 12.4 Å². The van der Waals surface area contributed by atoms with Gasteiger partial charge in [-0.2, -0.15) is 13.2 Å². The number of hydrogen-bond acceptors (Lipinski definition) is 2. The fraction of sp³-hybridized carbons (Fsp3) is 0.444. The minimum atomic E-state index is -4.35. The fourth-order valence-electron chi connectivity index (χ4n) is 1.03. The average molecular weight is 241 g/mol. The van der Waals surface area contributed by atoms with Crippen molar-refractivity contribution in [2.45, 2.75) is 12.6 Å². The van der Waals surface area contributed by atoms with Crippen molar-refractivity contribution in [3.63, 3.8) is 0 Å². The molecule has 0 aliphatic carbocycles. The van der Waals surface area contributed by atoms with E-state index in [0.717, 1.165) is 6.07 Å². The molecular formula is C9H12ClF3N2. The second-order valence-electron chi connectivity index (χ2n) is 2.87. The summed E-state index contributed by atoms with van der Waals surface area (Å²) >= 11 is 0. The number of halogens is 4. The van der Waals surface area contributed by atoms with Gasteiger partial charge in [-0.3, -0.25) is 0 Å². The average Bonchev–Trinajstić information content (AvgIpc) is 2.14. The highest BCUT2D eigenvalue weighted by molar-refractivity contribution is 5.85. The van der Waals surface area contributed by atoms with E-state index in [1.54, 1.807) is 13.1 Å². The fourth-order valence-corrected chi connectivity index (χ4v) is 1.03. The molecule has 0 saturated carbocycles. The largest absolute Gasteiger partial charge is 0.433 e. The highest BCUT2D eigenvalue weighted by atomic mass is 35.5. The van der Waals surface area contributed by atoms with E-state index < -0.39 is 11.9 Å². The number of alkyl halides is 3. The van der Waals surface area contributed by atoms with Crippen molar-refractivity contribution in [2.24, 2.45) is 0 Å². The third-order valence-electron chi connectivity index (χ3n) is 1.73. The lowest BCUT2D eigenvalue weighted by Gasteiger charge is -2.07. The second kappa shape index (κ2) is 5.92. The number of nitrogens with zero attached hydrogens (tertiary/aromatic N) is 1. The van der Waals surface area contributed by atoms with Crippen molar-refractivity contribution in [3.05, 3.63) is 29.6 Å². The summed E-state index contributed by atoms with van der Waals surface area (Å²) in [6.07, 6.45) is -3.85. The van der Waals surface area contributed by atoms with Crippen LogP contribution in [0.1, 0.15) is 11.4 Å². The molecule has 1 aromatic rings. The lowest BCUT2D eigenvalue weighted by Crippen LogP contribution is -2.13. The van der Waals surface area contributed by atoms with Gasteiger partial charge in [-0.25, -0.2) is 4.98 Å². The number of rotatable bonds is 3. The molecule has 0 atom stereocenters. The predicted octanol–water partition coefficient (Wildman–Crippen LogP) is 2.28. The molecule has 1 heterocycles. The van der Waals surface area contributed by atoms with Gasteiger partial charge in [0.1, 0.15) is 5.69 Å². The van der Waals surface area contributed by atoms with E-state index >= 15 is 0 Å². The molecule has 0 aromatic carbocycles. The number of hydrogen-bond donors (Lipinski definition) is 1. The highest BCUT2D eigenvalue weighted by Crippen LogP contribution is 2.27. The smallest absolute Gasteiger partial charge is 0.319 e. The Hall–Kier alpha value is -0.810. The standard InChI is InChI=1S/C9H11F3N2.ClH/c1-13-6-5-7-3-2-4-8(14-7)9(10,11)12;/h2-4,13H,5-6H2,1H3;1H. The van der Waals surface area contributed by atoms with E-state index in [2.05, 4.69) is 10.3 Å². The minimum Gasteiger partial charge on any atom is -0.319 e. The lowest BCUT2D eigenvalue weighted by molar-refractivity contribution is -0.141. The van der Waals surface area contributed by atoms with Crippen LogP contribution in [0.25, 0.3) is 0 Å². The van der Waals surface area contributed by atoms with Crippen molar-refractivity contribution in [1.29, 1.82) is 0 Å². The van der Waals surface area contributed by atoms with Crippen molar-refractivity contribution in [2.75, 3.05) is 13.6 Å². The van der Waals surface area contributed by atoms with Gasteiger partial charge in [-0.1, -0.05) is 6.07 Å². The number of nitrogens with one attached hydrogen (secondary N) is 1. The zero-order valence-electron chi connectivity index (χ0n) is 8.14. The zero-order valence-corrected chi connectivity index (χ0v) is 8.95. The summed E-state index contributed by atoms with van der Waals surface area (Å²) in [5.74, 6) is 0. The summed E-state index contributed by atoms with van der Waals surface area (Å²) in [5.41, 5.74) is -0.375. The van der Waals surface area contributed by atoms with Crippen LogP contribution in [0.4, 0.5) is 13.2 Å². The van der Waals surface area contributed by atoms with Gasteiger partial charge in [-0.15, -0.1) is 12.4 Å². The monoisotopic (exact) mass is 240 g/mol. The van der Waals surface area contributed by atoms with Gasteiger partial charge in [0.15, 0.2) is 0 Å². The quantitative estimate of drug-likeness (QED) is 0.877. The van der Waals surface area contributed by atoms with E-state index in [4.69, 9.17) is 0 Å². The molecule has 6 heteroatoms. The zero-order chi connectivity index (χ0) is 10.6. The Morgan fingerprint density at radius 3 is 2.53 bits per heavy atom. The highest BCUT2D eigenvalue weighted by Gasteiger charge is 2.32. The Morgan fingerprint density at radius 2 is 2.00 bits per heavy atom. The van der Waals surface area contributed by atoms with Crippen molar-refractivity contribution in [3.8, 4) is 0 Å². The van der Waals surface area contributed by atoms with Crippen LogP contribution in [-0.4, -0.2) is 18.6 Å². The molecule has 0 bridgehead atoms. The normalized spacial score (nSPS) is 10.9. The van der Waals surface area contributed by atoms with Crippen LogP contribution < -0.4 is 5.32 Å². The molecule has 0 unspecified atom stereocenters. The van der Waals surface area contributed by atoms with Crippen LogP contribution in [-0.2, 0) is 12.6 Å². The van der Waals surface area contributed by atoms with Crippen LogP contribution in [0.3, 0.4) is 0 Å². The van der Waals surface area contributed by atoms with Crippen molar-refractivity contribution in [1.82, 2.24) is 10.3 Å². The third-order valence-corrected chi connectivity index (χ3v) is 1.73. The topological polar surface area (TPSA) is 24.9 Å². The SMILES string of the molecule is CNCCc1cccc(C(F)(F)F)n1.Cl. The summed E-state index contributed by atoms with van der Waals surface area (Å²) in [6.45, 7) is 0.619. The van der Waals surface area contributed by atoms with Crippen LogP contribution in [0.2, 0.25) is 0 Å². The maximum absolute atomic E-state index is 12.2. The van der Waals surface area contributed by atoms with Crippen LogP contribution in [0, 0.1) is 0 Å². The molecule has 0 spiro atoms. The maximum atomic E-state index is 12.2. The number of aromatic nitrogens is 1. The molecule has 1 aromatic heterocycles. The van der Waals surface area contributed by atoms with Gasteiger partial charge in [-0.05, 0) is 19.2 Å². The molecule has 0 aliphatic heterocycles. The predicted molar refractivity (Wildman–Crippen MR) is 54.1 cm³/mol. The van der Waals surface area contributed by atoms with E-state index in [9.17, 15) is 13.2 Å². The lowest BCUT2D eigenvalue weighted by atomic mass is 10.2. The van der Waals surface area contributed by atoms with Gasteiger partial charge in [0, 0.05) is 18.7 Å². The van der Waals surface area contributed by atoms with Gasteiger partial charge in [0.05, 0.1) is 0 Å². The Balaban J connectivity index is 0.00000196. The Labute approximate surface area is 92.3 Å². The van der Waals surface area contributed by atoms with Gasteiger partial charge >= 0.3 is 6.18 Å². The van der Waals surface area contributed by atoms with Crippen molar-refractivity contribution >= 4 is 12.4 Å². The number of likely N-dealkylation sites (N-methyl/N-ethyl adjacent to an activating group) is 1. The third kappa shape index (κ3) is 4.48. The van der Waals surface area contributed by atoms with E-state index in [1.807, 2.05) is 0 Å². The van der Waals surface area contributed by atoms with Gasteiger partial charge in [0.25, 0.3) is 0 Å². The molecule has 0 radical (unpaired) electrons. The second-order valence-corrected chi connectivity index (χ2v) is 2.87. The molecule has 0 saturated heterocycles. The van der Waals surface area contributed by atoms with Crippen LogP contribution >= 0.6 is 12.4 Å². The summed E-state index contributed by atoms with van der Waals surface area (Å²) in [4.78, 5) is 3.52. The van der Waals surface area contributed by atoms with Gasteiger partial charge < -0.3 is 5.32 Å². The molecule has 0 amide bonds. The van der Waals surface area contributed by atoms with Crippen molar-refractivity contribution < 1.29 is 13.2 Å². The van der Waals surface area contributed by atoms with Crippen LogP contribution in [0.5, 0.6) is 0 Å². The maximum Gasteiger partial charge on any atom is 0.433 e. The van der Waals surface area contributed by atoms with E-state index in [1.165, 1.54) is 6.07 Å². The Morgan fingerprint density at radius 1 is 1.33 bits per heavy atom. The summed E-state index contributed by atoms with van der Waals surface area (Å²) in [6, 6.07) is 3.94. The molecular weight excluding hydrogens is 229 g/mol. The summed E-state index contributed by atoms with van der Waals surface area (Å²) in [7, 11) is 1.74. The Bertz CT molecular complexity index is 302. The summed E-state index contributed by atoms with van der Waals surface area (Å²) < 4.78 is 36.6. The first-order valence-corrected chi connectivity index (χ1v) is 4.22. The first-order valence-electron chi connectivity index (χ1n) is 4.22. The minimum absolute atomic E-state index is 0. The molecule has 1 rings (SSSR count).